The number of nitrogens with zero attached hydrogens (tertiary/aromatic N) is 2. The summed E-state index contributed by atoms with van der Waals surface area (Å²) < 4.78 is 80.1. The van der Waals surface area contributed by atoms with Crippen LogP contribution < -0.4 is 10.3 Å². The predicted molar refractivity (Wildman–Crippen MR) is 125 cm³/mol. The van der Waals surface area contributed by atoms with Crippen molar-refractivity contribution in [1.29, 1.82) is 5.26 Å². The van der Waals surface area contributed by atoms with Crippen LogP contribution in [0.5, 0.6) is 0 Å². The molecule has 12 heteroatoms. The van der Waals surface area contributed by atoms with Gasteiger partial charge >= 0.3 is 22.2 Å². The number of nitriles is 1. The van der Waals surface area contributed by atoms with Crippen LogP contribution in [0.1, 0.15) is 40.2 Å². The standard InChI is InChI=1S/C15H9F4N3O3S.C8H19N/c16-13-7-6-11(8-10(13)9-20)21-22-14(15(17,18)19)25-26(23,24)12-4-2-1-3-5-12;1-6-9(7(2)3)8(4)5/h1-8,21H;7-8H,6H2,1-5H3/p+1/b22-14+;. The molecule has 2 aromatic carbocycles. The molecule has 0 spiro atoms. The first-order chi connectivity index (χ1) is 16.2. The van der Waals surface area contributed by atoms with E-state index in [1.165, 1.54) is 30.8 Å². The van der Waals surface area contributed by atoms with Crippen molar-refractivity contribution >= 4 is 21.7 Å². The van der Waals surface area contributed by atoms with Gasteiger partial charge in [0.15, 0.2) is 0 Å². The smallest absolute Gasteiger partial charge is 0.351 e. The highest BCUT2D eigenvalue weighted by Crippen LogP contribution is 2.23. The first kappa shape index (κ1) is 29.9. The summed E-state index contributed by atoms with van der Waals surface area (Å²) in [5.74, 6) is -2.95. The molecule has 2 aromatic rings. The lowest BCUT2D eigenvalue weighted by Crippen LogP contribution is -3.17. The van der Waals surface area contributed by atoms with Crippen LogP contribution in [0.4, 0.5) is 23.2 Å². The Morgan fingerprint density at radius 3 is 2.11 bits per heavy atom. The molecule has 0 bridgehead atoms. The summed E-state index contributed by atoms with van der Waals surface area (Å²) in [5.41, 5.74) is 1.28. The van der Waals surface area contributed by atoms with Gasteiger partial charge in [-0.2, -0.15) is 26.9 Å². The number of quaternary nitrogens is 1. The Hall–Kier alpha value is -3.17. The first-order valence-electron chi connectivity index (χ1n) is 10.7. The van der Waals surface area contributed by atoms with E-state index in [9.17, 15) is 26.0 Å². The van der Waals surface area contributed by atoms with E-state index >= 15 is 0 Å². The molecule has 0 radical (unpaired) electrons. The Morgan fingerprint density at radius 2 is 1.69 bits per heavy atom. The molecular formula is C23H29F4N4O3S+. The average molecular weight is 518 g/mol. The van der Waals surface area contributed by atoms with Gasteiger partial charge < -0.3 is 9.08 Å². The molecule has 2 N–H and O–H groups in total. The van der Waals surface area contributed by atoms with E-state index < -0.39 is 38.5 Å². The number of halogens is 4. The van der Waals surface area contributed by atoms with Crippen LogP contribution in [-0.2, 0) is 14.3 Å². The van der Waals surface area contributed by atoms with Gasteiger partial charge in [-0.15, -0.1) is 5.10 Å². The second-order valence-corrected chi connectivity index (χ2v) is 9.47. The lowest BCUT2D eigenvalue weighted by atomic mass is 10.2. The van der Waals surface area contributed by atoms with E-state index in [0.29, 0.717) is 0 Å². The monoisotopic (exact) mass is 517 g/mol. The van der Waals surface area contributed by atoms with Crippen molar-refractivity contribution in [2.24, 2.45) is 5.10 Å². The minimum absolute atomic E-state index is 0.176. The fraction of sp³-hybridized carbons (Fsp3) is 0.391. The van der Waals surface area contributed by atoms with E-state index in [-0.39, 0.29) is 5.69 Å². The SMILES string of the molecule is CC[NH+](C(C)C)C(C)C.N#Cc1cc(N/N=C(/OS(=O)(=O)c2ccccc2)C(F)(F)F)ccc1F. The van der Waals surface area contributed by atoms with Crippen LogP contribution in [0, 0.1) is 17.1 Å². The average Bonchev–Trinajstić information content (AvgIpc) is 2.77. The Morgan fingerprint density at radius 1 is 1.11 bits per heavy atom. The maximum atomic E-state index is 13.2. The maximum absolute atomic E-state index is 13.2. The number of benzene rings is 2. The van der Waals surface area contributed by atoms with Crippen LogP contribution in [0.2, 0.25) is 0 Å². The van der Waals surface area contributed by atoms with E-state index in [2.05, 4.69) is 43.9 Å². The van der Waals surface area contributed by atoms with Crippen LogP contribution >= 0.6 is 0 Å². The van der Waals surface area contributed by atoms with Crippen molar-refractivity contribution in [2.75, 3.05) is 12.0 Å². The number of hydrogen-bond donors (Lipinski definition) is 2. The number of hydrazone groups is 1. The molecule has 35 heavy (non-hydrogen) atoms. The molecule has 0 aliphatic heterocycles. The van der Waals surface area contributed by atoms with Crippen molar-refractivity contribution in [2.45, 2.75) is 57.8 Å². The fourth-order valence-electron chi connectivity index (χ4n) is 3.15. The van der Waals surface area contributed by atoms with Crippen LogP contribution in [0.25, 0.3) is 0 Å². The van der Waals surface area contributed by atoms with Gasteiger partial charge in [-0.05, 0) is 65.0 Å². The molecule has 0 aromatic heterocycles. The van der Waals surface area contributed by atoms with E-state index in [1.54, 1.807) is 4.90 Å². The molecule has 0 unspecified atom stereocenters. The third-order valence-electron chi connectivity index (χ3n) is 4.73. The molecule has 192 valence electrons. The number of anilines is 1. The van der Waals surface area contributed by atoms with Gasteiger partial charge in [-0.3, -0.25) is 5.43 Å². The highest BCUT2D eigenvalue weighted by Gasteiger charge is 2.42. The number of nitrogens with one attached hydrogen (secondary N) is 2. The Balaban J connectivity index is 0.000000579. The minimum Gasteiger partial charge on any atom is -0.351 e. The molecule has 7 nitrogen and oxygen atoms in total. The molecule has 0 aliphatic rings. The maximum Gasteiger partial charge on any atom is 0.471 e. The van der Waals surface area contributed by atoms with Gasteiger partial charge in [0.05, 0.1) is 29.9 Å². The molecule has 0 heterocycles. The fourth-order valence-corrected chi connectivity index (χ4v) is 4.07. The first-order valence-corrected chi connectivity index (χ1v) is 12.1. The van der Waals surface area contributed by atoms with Crippen LogP contribution in [0.15, 0.2) is 58.5 Å². The van der Waals surface area contributed by atoms with Crippen LogP contribution in [0.3, 0.4) is 0 Å². The highest BCUT2D eigenvalue weighted by molar-refractivity contribution is 7.87. The normalized spacial score (nSPS) is 12.3. The molecule has 2 rings (SSSR count). The molecule has 0 atom stereocenters. The van der Waals surface area contributed by atoms with Crippen molar-refractivity contribution in [3.8, 4) is 6.07 Å². The molecule has 0 amide bonds. The molecule has 0 saturated carbocycles. The highest BCUT2D eigenvalue weighted by atomic mass is 32.2. The Bertz CT molecular complexity index is 1120. The van der Waals surface area contributed by atoms with E-state index in [1.807, 2.05) is 5.43 Å². The largest absolute Gasteiger partial charge is 0.471 e. The van der Waals surface area contributed by atoms with E-state index in [0.717, 1.165) is 42.4 Å². The van der Waals surface area contributed by atoms with Gasteiger partial charge in [0, 0.05) is 0 Å². The van der Waals surface area contributed by atoms with Gasteiger partial charge in [-0.1, -0.05) is 18.2 Å². The Labute approximate surface area is 203 Å². The summed E-state index contributed by atoms with van der Waals surface area (Å²) in [6, 6.07) is 12.0. The molecule has 0 saturated heterocycles. The molecule has 0 aliphatic carbocycles. The van der Waals surface area contributed by atoms with E-state index in [4.69, 9.17) is 5.26 Å². The molecule has 0 fully saturated rings. The van der Waals surface area contributed by atoms with Gasteiger partial charge in [0.1, 0.15) is 16.8 Å². The third-order valence-corrected chi connectivity index (χ3v) is 5.95. The lowest BCUT2D eigenvalue weighted by molar-refractivity contribution is -0.940. The predicted octanol–water partition coefficient (Wildman–Crippen LogP) is 4.10. The van der Waals surface area contributed by atoms with Gasteiger partial charge in [-0.25, -0.2) is 4.39 Å². The summed E-state index contributed by atoms with van der Waals surface area (Å²) in [6.07, 6.45) is -5.23. The molecular weight excluding hydrogens is 488 g/mol. The Kier molecular flexibility index (Phi) is 11.1. The lowest BCUT2D eigenvalue weighted by Gasteiger charge is -2.25. The zero-order valence-electron chi connectivity index (χ0n) is 20.0. The zero-order chi connectivity index (χ0) is 26.8. The van der Waals surface area contributed by atoms with Gasteiger partial charge in [0.2, 0.25) is 0 Å². The second kappa shape index (κ2) is 13.1. The summed E-state index contributed by atoms with van der Waals surface area (Å²) >= 11 is 0. The second-order valence-electron chi connectivity index (χ2n) is 7.92. The van der Waals surface area contributed by atoms with Gasteiger partial charge in [0.25, 0.3) is 0 Å². The summed E-state index contributed by atoms with van der Waals surface area (Å²) in [4.78, 5) is 1.19. The number of rotatable bonds is 7. The number of hydrogen-bond acceptors (Lipinski definition) is 6. The summed E-state index contributed by atoms with van der Waals surface area (Å²) in [7, 11) is -4.77. The third kappa shape index (κ3) is 9.54. The van der Waals surface area contributed by atoms with Crippen molar-refractivity contribution in [3.63, 3.8) is 0 Å². The van der Waals surface area contributed by atoms with Crippen molar-refractivity contribution in [1.82, 2.24) is 0 Å². The minimum atomic E-state index is -5.23. The quantitative estimate of drug-likeness (QED) is 0.190. The van der Waals surface area contributed by atoms with Crippen LogP contribution in [-0.4, -0.2) is 39.1 Å². The summed E-state index contributed by atoms with van der Waals surface area (Å²) in [6.45, 7) is 12.6. The van der Waals surface area contributed by atoms with Crippen molar-refractivity contribution < 1.29 is 35.1 Å². The zero-order valence-corrected chi connectivity index (χ0v) is 20.8. The number of alkyl halides is 3. The summed E-state index contributed by atoms with van der Waals surface area (Å²) in [5, 5.41) is 11.6. The van der Waals surface area contributed by atoms with Crippen molar-refractivity contribution in [3.05, 3.63) is 59.9 Å². The topological polar surface area (TPSA) is 96.0 Å².